The van der Waals surface area contributed by atoms with Gasteiger partial charge in [0.1, 0.15) is 5.00 Å². The van der Waals surface area contributed by atoms with Gasteiger partial charge in [-0.1, -0.05) is 39.3 Å². The summed E-state index contributed by atoms with van der Waals surface area (Å²) in [6.45, 7) is 12.0. The van der Waals surface area contributed by atoms with Crippen molar-refractivity contribution in [3.63, 3.8) is 0 Å². The summed E-state index contributed by atoms with van der Waals surface area (Å²) in [5.74, 6) is 0. The molecule has 0 spiro atoms. The topological polar surface area (TPSA) is 35.6 Å². The highest BCUT2D eigenvalue weighted by molar-refractivity contribution is 7.16. The minimum Gasteiger partial charge on any atom is -0.299 e. The van der Waals surface area contributed by atoms with Gasteiger partial charge in [-0.05, 0) is 53.8 Å². The van der Waals surface area contributed by atoms with Crippen molar-refractivity contribution < 1.29 is 4.79 Å². The number of amides is 2. The van der Waals surface area contributed by atoms with Gasteiger partial charge in [0.05, 0.1) is 0 Å². The molecule has 2 aromatic rings. The number of hydrogen-bond donors (Lipinski definition) is 1. The molecular formula is C21H28ClN3OS. The van der Waals surface area contributed by atoms with E-state index in [1.54, 1.807) is 35.4 Å². The molecule has 2 amide bonds. The van der Waals surface area contributed by atoms with Crippen molar-refractivity contribution in [2.75, 3.05) is 30.4 Å². The number of halogens is 1. The number of likely N-dealkylation sites (N-methyl/N-ethyl adjacent to an activating group) is 1. The van der Waals surface area contributed by atoms with Crippen molar-refractivity contribution in [1.82, 2.24) is 4.90 Å². The van der Waals surface area contributed by atoms with Crippen molar-refractivity contribution >= 4 is 39.7 Å². The van der Waals surface area contributed by atoms with Gasteiger partial charge in [-0.2, -0.15) is 0 Å². The maximum absolute atomic E-state index is 12.9. The van der Waals surface area contributed by atoms with Gasteiger partial charge in [-0.25, -0.2) is 4.79 Å². The third-order valence-corrected chi connectivity index (χ3v) is 6.46. The van der Waals surface area contributed by atoms with Crippen LogP contribution in [0.25, 0.3) is 0 Å². The Bertz CT molecular complexity index is 823. The normalized spacial score (nSPS) is 14.7. The average molecular weight is 406 g/mol. The molecule has 0 aliphatic carbocycles. The van der Waals surface area contributed by atoms with Crippen LogP contribution in [0.3, 0.4) is 0 Å². The molecule has 0 radical (unpaired) electrons. The van der Waals surface area contributed by atoms with E-state index in [4.69, 9.17) is 11.6 Å². The predicted molar refractivity (Wildman–Crippen MR) is 117 cm³/mol. The van der Waals surface area contributed by atoms with Crippen LogP contribution in [0.2, 0.25) is 5.02 Å². The van der Waals surface area contributed by atoms with Crippen LogP contribution in [0.1, 0.15) is 43.7 Å². The van der Waals surface area contributed by atoms with Crippen LogP contribution in [-0.4, -0.2) is 31.1 Å². The summed E-state index contributed by atoms with van der Waals surface area (Å²) < 4.78 is 0. The van der Waals surface area contributed by atoms with Crippen LogP contribution in [0.4, 0.5) is 15.5 Å². The number of nitrogens with one attached hydrogen (secondary N) is 1. The fourth-order valence-electron chi connectivity index (χ4n) is 3.57. The summed E-state index contributed by atoms with van der Waals surface area (Å²) in [6, 6.07) is 7.17. The lowest BCUT2D eigenvalue weighted by Gasteiger charge is -2.28. The number of nitrogens with zero attached hydrogens (tertiary/aromatic N) is 2. The molecule has 0 saturated heterocycles. The minimum absolute atomic E-state index is 0.0140. The first-order chi connectivity index (χ1) is 12.7. The summed E-state index contributed by atoms with van der Waals surface area (Å²) in [5, 5.41) is 4.82. The zero-order valence-corrected chi connectivity index (χ0v) is 18.3. The van der Waals surface area contributed by atoms with E-state index in [0.717, 1.165) is 36.7 Å². The minimum atomic E-state index is -0.131. The smallest absolute Gasteiger partial charge is 0.299 e. The van der Waals surface area contributed by atoms with E-state index < -0.39 is 0 Å². The number of fused-ring (bicyclic) bond motifs is 1. The quantitative estimate of drug-likeness (QED) is 0.706. The zero-order valence-electron chi connectivity index (χ0n) is 16.7. The lowest BCUT2D eigenvalue weighted by molar-refractivity contribution is 0.258. The van der Waals surface area contributed by atoms with E-state index in [0.29, 0.717) is 5.02 Å². The standard InChI is InChI=1S/C21H28ClN3OS/c1-6-25-12-11-16-17(13-25)27-19(18(16)21(2,3)4)23-20(26)24(5)15-9-7-14(22)8-10-15/h7-10H,6,11-13H2,1-5H3,(H,23,26). The van der Waals surface area contributed by atoms with Gasteiger partial charge in [0, 0.05) is 35.7 Å². The van der Waals surface area contributed by atoms with Gasteiger partial charge in [0.2, 0.25) is 0 Å². The van der Waals surface area contributed by atoms with E-state index in [9.17, 15) is 4.79 Å². The Morgan fingerprint density at radius 2 is 1.96 bits per heavy atom. The maximum atomic E-state index is 12.9. The zero-order chi connectivity index (χ0) is 19.8. The molecule has 0 unspecified atom stereocenters. The summed E-state index contributed by atoms with van der Waals surface area (Å²) in [7, 11) is 1.78. The molecular weight excluding hydrogens is 378 g/mol. The molecule has 6 heteroatoms. The number of benzene rings is 1. The molecule has 0 saturated carbocycles. The first-order valence-corrected chi connectivity index (χ1v) is 10.6. The number of carbonyl (C=O) groups is 1. The Kier molecular flexibility index (Phi) is 5.84. The van der Waals surface area contributed by atoms with E-state index in [-0.39, 0.29) is 11.4 Å². The summed E-state index contributed by atoms with van der Waals surface area (Å²) in [5.41, 5.74) is 3.52. The van der Waals surface area contributed by atoms with Crippen molar-refractivity contribution in [2.24, 2.45) is 0 Å². The molecule has 1 aliphatic rings. The maximum Gasteiger partial charge on any atom is 0.326 e. The van der Waals surface area contributed by atoms with Crippen LogP contribution in [-0.2, 0) is 18.4 Å². The van der Waals surface area contributed by atoms with Crippen LogP contribution in [0, 0.1) is 0 Å². The van der Waals surface area contributed by atoms with E-state index >= 15 is 0 Å². The molecule has 3 rings (SSSR count). The monoisotopic (exact) mass is 405 g/mol. The van der Waals surface area contributed by atoms with Crippen LogP contribution >= 0.6 is 22.9 Å². The van der Waals surface area contributed by atoms with Crippen molar-refractivity contribution in [1.29, 1.82) is 0 Å². The molecule has 0 fully saturated rings. The predicted octanol–water partition coefficient (Wildman–Crippen LogP) is 5.75. The van der Waals surface area contributed by atoms with Gasteiger partial charge in [0.25, 0.3) is 0 Å². The van der Waals surface area contributed by atoms with Crippen molar-refractivity contribution in [3.8, 4) is 0 Å². The summed E-state index contributed by atoms with van der Waals surface area (Å²) >= 11 is 7.69. The molecule has 2 heterocycles. The van der Waals surface area contributed by atoms with Gasteiger partial charge in [-0.3, -0.25) is 15.1 Å². The SMILES string of the molecule is CCN1CCc2c(sc(NC(=O)N(C)c3ccc(Cl)cc3)c2C(C)(C)C)C1. The Morgan fingerprint density at radius 3 is 2.56 bits per heavy atom. The summed E-state index contributed by atoms with van der Waals surface area (Å²) in [6.07, 6.45) is 1.05. The molecule has 0 bridgehead atoms. The molecule has 27 heavy (non-hydrogen) atoms. The molecule has 1 aliphatic heterocycles. The molecule has 4 nitrogen and oxygen atoms in total. The summed E-state index contributed by atoms with van der Waals surface area (Å²) in [4.78, 5) is 18.4. The van der Waals surface area contributed by atoms with Crippen molar-refractivity contribution in [2.45, 2.75) is 46.1 Å². The number of urea groups is 1. The molecule has 146 valence electrons. The third-order valence-electron chi connectivity index (χ3n) is 5.07. The van der Waals surface area contributed by atoms with Gasteiger partial charge in [0.15, 0.2) is 0 Å². The second kappa shape index (κ2) is 7.82. The van der Waals surface area contributed by atoms with Crippen LogP contribution < -0.4 is 10.2 Å². The van der Waals surface area contributed by atoms with Crippen LogP contribution in [0.5, 0.6) is 0 Å². The third kappa shape index (κ3) is 4.31. The molecule has 1 aromatic heterocycles. The van der Waals surface area contributed by atoms with Gasteiger partial charge >= 0.3 is 6.03 Å². The highest BCUT2D eigenvalue weighted by Gasteiger charge is 2.31. The Labute approximate surface area is 171 Å². The second-order valence-electron chi connectivity index (χ2n) is 8.04. The Morgan fingerprint density at radius 1 is 1.30 bits per heavy atom. The van der Waals surface area contributed by atoms with Crippen LogP contribution in [0.15, 0.2) is 24.3 Å². The number of rotatable bonds is 3. The average Bonchev–Trinajstić information content (AvgIpc) is 2.98. The highest BCUT2D eigenvalue weighted by Crippen LogP contribution is 2.43. The molecule has 1 aromatic carbocycles. The fourth-order valence-corrected chi connectivity index (χ4v) is 5.19. The number of anilines is 2. The van der Waals surface area contributed by atoms with E-state index in [2.05, 4.69) is 37.9 Å². The number of thiophene rings is 1. The molecule has 0 atom stereocenters. The van der Waals surface area contributed by atoms with E-state index in [1.807, 2.05) is 12.1 Å². The fraction of sp³-hybridized carbons (Fsp3) is 0.476. The van der Waals surface area contributed by atoms with Crippen molar-refractivity contribution in [3.05, 3.63) is 45.3 Å². The lowest BCUT2D eigenvalue weighted by atomic mass is 9.83. The Hall–Kier alpha value is -1.56. The first-order valence-electron chi connectivity index (χ1n) is 9.38. The highest BCUT2D eigenvalue weighted by atomic mass is 35.5. The van der Waals surface area contributed by atoms with Gasteiger partial charge < -0.3 is 0 Å². The first kappa shape index (κ1) is 20.2. The lowest BCUT2D eigenvalue weighted by Crippen LogP contribution is -2.32. The number of carbonyl (C=O) groups excluding carboxylic acids is 1. The Balaban J connectivity index is 1.88. The largest absolute Gasteiger partial charge is 0.326 e. The molecule has 1 N–H and O–H groups in total. The number of hydrogen-bond acceptors (Lipinski definition) is 3. The van der Waals surface area contributed by atoms with E-state index in [1.165, 1.54) is 16.0 Å². The second-order valence-corrected chi connectivity index (χ2v) is 9.58. The van der Waals surface area contributed by atoms with Gasteiger partial charge in [-0.15, -0.1) is 11.3 Å².